The van der Waals surface area contributed by atoms with Crippen molar-refractivity contribution in [2.24, 2.45) is 5.14 Å². The first kappa shape index (κ1) is 15.3. The lowest BCUT2D eigenvalue weighted by Crippen LogP contribution is -2.11. The van der Waals surface area contributed by atoms with Crippen LogP contribution in [-0.2, 0) is 10.0 Å². The van der Waals surface area contributed by atoms with Crippen molar-refractivity contribution < 1.29 is 17.6 Å². The fourth-order valence-corrected chi connectivity index (χ4v) is 2.74. The van der Waals surface area contributed by atoms with Crippen LogP contribution in [-0.4, -0.2) is 20.5 Å². The van der Waals surface area contributed by atoms with E-state index in [1.165, 1.54) is 12.1 Å². The molecule has 0 amide bonds. The maximum atomic E-state index is 11.3. The van der Waals surface area contributed by atoms with E-state index in [1.807, 2.05) is 6.07 Å². The average Bonchev–Trinajstić information content (AvgIpc) is 3.04. The molecule has 2 heterocycles. The minimum absolute atomic E-state index is 0.0670. The summed E-state index contributed by atoms with van der Waals surface area (Å²) >= 11 is 0. The largest absolute Gasteiger partial charge is 0.481 e. The Morgan fingerprint density at radius 1 is 1.00 bits per heavy atom. The Morgan fingerprint density at radius 3 is 2.13 bits per heavy atom. The Morgan fingerprint density at radius 2 is 1.61 bits per heavy atom. The van der Waals surface area contributed by atoms with Gasteiger partial charge in [0.15, 0.2) is 0 Å². The molecule has 6 nitrogen and oxygen atoms in total. The first-order valence-electron chi connectivity index (χ1n) is 6.69. The fourth-order valence-electron chi connectivity index (χ4n) is 2.23. The van der Waals surface area contributed by atoms with Crippen molar-refractivity contribution >= 4 is 10.0 Å². The number of ether oxygens (including phenoxy) is 1. The number of pyridine rings is 1. The van der Waals surface area contributed by atoms with Gasteiger partial charge in [-0.05, 0) is 23.8 Å². The number of hydrogen-bond donors (Lipinski definition) is 1. The molecule has 0 fully saturated rings. The summed E-state index contributed by atoms with van der Waals surface area (Å²) in [7, 11) is -2.15. The standard InChI is InChI=1S/C16H14N2O4S/c1-21-16-7-4-12(8-18-16)15-10-22-9-14(15)11-2-5-13(6-3-11)23(17,19)20/h2-10H,1H3,(H2,17,19,20). The quantitative estimate of drug-likeness (QED) is 0.793. The summed E-state index contributed by atoms with van der Waals surface area (Å²) in [5.41, 5.74) is 3.36. The topological polar surface area (TPSA) is 95.4 Å². The van der Waals surface area contributed by atoms with Crippen molar-refractivity contribution in [1.82, 2.24) is 4.98 Å². The van der Waals surface area contributed by atoms with E-state index in [2.05, 4.69) is 4.98 Å². The molecule has 3 aromatic rings. The zero-order chi connectivity index (χ0) is 16.4. The van der Waals surface area contributed by atoms with E-state index in [9.17, 15) is 8.42 Å². The smallest absolute Gasteiger partial charge is 0.238 e. The lowest BCUT2D eigenvalue weighted by molar-refractivity contribution is 0.398. The summed E-state index contributed by atoms with van der Waals surface area (Å²) in [4.78, 5) is 4.24. The Balaban J connectivity index is 2.00. The van der Waals surface area contributed by atoms with Crippen LogP contribution < -0.4 is 9.88 Å². The number of sulfonamides is 1. The molecule has 1 aromatic carbocycles. The van der Waals surface area contributed by atoms with Gasteiger partial charge in [-0.2, -0.15) is 0 Å². The highest BCUT2D eigenvalue weighted by atomic mass is 32.2. The monoisotopic (exact) mass is 330 g/mol. The summed E-state index contributed by atoms with van der Waals surface area (Å²) in [6.07, 6.45) is 4.91. The molecule has 7 heteroatoms. The van der Waals surface area contributed by atoms with Gasteiger partial charge in [0.25, 0.3) is 0 Å². The normalized spacial score (nSPS) is 11.4. The molecule has 0 aliphatic heterocycles. The highest BCUT2D eigenvalue weighted by Gasteiger charge is 2.13. The van der Waals surface area contributed by atoms with E-state index in [4.69, 9.17) is 14.3 Å². The average molecular weight is 330 g/mol. The minimum Gasteiger partial charge on any atom is -0.481 e. The minimum atomic E-state index is -3.71. The van der Waals surface area contributed by atoms with Gasteiger partial charge < -0.3 is 9.15 Å². The summed E-state index contributed by atoms with van der Waals surface area (Å²) in [6, 6.07) is 9.94. The second kappa shape index (κ2) is 5.86. The van der Waals surface area contributed by atoms with Crippen LogP contribution in [0.5, 0.6) is 5.88 Å². The van der Waals surface area contributed by atoms with Crippen LogP contribution in [0.25, 0.3) is 22.3 Å². The summed E-state index contributed by atoms with van der Waals surface area (Å²) in [5.74, 6) is 0.524. The molecule has 2 aromatic heterocycles. The van der Waals surface area contributed by atoms with Crippen LogP contribution in [0.1, 0.15) is 0 Å². The van der Waals surface area contributed by atoms with Gasteiger partial charge in [-0.15, -0.1) is 0 Å². The van der Waals surface area contributed by atoms with Crippen LogP contribution in [0.4, 0.5) is 0 Å². The molecule has 0 atom stereocenters. The van der Waals surface area contributed by atoms with E-state index in [0.29, 0.717) is 5.88 Å². The molecule has 0 radical (unpaired) electrons. The first-order chi connectivity index (χ1) is 11.0. The van der Waals surface area contributed by atoms with Gasteiger partial charge >= 0.3 is 0 Å². The number of nitrogens with zero attached hydrogens (tertiary/aromatic N) is 1. The number of nitrogens with two attached hydrogens (primary N) is 1. The number of primary sulfonamides is 1. The molecular formula is C16H14N2O4S. The number of aromatic nitrogens is 1. The molecule has 0 saturated carbocycles. The van der Waals surface area contributed by atoms with Crippen LogP contribution in [0.2, 0.25) is 0 Å². The van der Waals surface area contributed by atoms with Gasteiger partial charge in [0.05, 0.1) is 24.5 Å². The van der Waals surface area contributed by atoms with Crippen LogP contribution in [0.3, 0.4) is 0 Å². The van der Waals surface area contributed by atoms with Gasteiger partial charge in [-0.3, -0.25) is 0 Å². The Hall–Kier alpha value is -2.64. The van der Waals surface area contributed by atoms with Crippen LogP contribution in [0.15, 0.2) is 64.4 Å². The SMILES string of the molecule is COc1ccc(-c2cocc2-c2ccc(S(N)(=O)=O)cc2)cn1. The van der Waals surface area contributed by atoms with E-state index in [0.717, 1.165) is 22.3 Å². The third-order valence-corrected chi connectivity index (χ3v) is 4.34. The molecule has 118 valence electrons. The number of rotatable bonds is 4. The van der Waals surface area contributed by atoms with Gasteiger partial charge in [0, 0.05) is 29.0 Å². The summed E-state index contributed by atoms with van der Waals surface area (Å²) in [5, 5.41) is 5.11. The molecular weight excluding hydrogens is 316 g/mol. The maximum Gasteiger partial charge on any atom is 0.238 e. The second-order valence-electron chi connectivity index (χ2n) is 4.86. The summed E-state index contributed by atoms with van der Waals surface area (Å²) < 4.78 is 33.0. The van der Waals surface area contributed by atoms with Crippen molar-refractivity contribution in [3.05, 3.63) is 55.1 Å². The predicted molar refractivity (Wildman–Crippen MR) is 85.3 cm³/mol. The summed E-state index contributed by atoms with van der Waals surface area (Å²) in [6.45, 7) is 0. The number of benzene rings is 1. The Labute approximate surface area is 133 Å². The number of hydrogen-bond acceptors (Lipinski definition) is 5. The number of methoxy groups -OCH3 is 1. The lowest BCUT2D eigenvalue weighted by Gasteiger charge is -2.05. The number of furan rings is 1. The Kier molecular flexibility index (Phi) is 3.89. The van der Waals surface area contributed by atoms with E-state index in [-0.39, 0.29) is 4.90 Å². The van der Waals surface area contributed by atoms with Crippen molar-refractivity contribution in [3.8, 4) is 28.1 Å². The van der Waals surface area contributed by atoms with Crippen molar-refractivity contribution in [2.75, 3.05) is 7.11 Å². The molecule has 0 aliphatic carbocycles. The van der Waals surface area contributed by atoms with Crippen molar-refractivity contribution in [3.63, 3.8) is 0 Å². The molecule has 0 bridgehead atoms. The lowest BCUT2D eigenvalue weighted by atomic mass is 10.0. The third-order valence-electron chi connectivity index (χ3n) is 3.41. The van der Waals surface area contributed by atoms with Crippen molar-refractivity contribution in [1.29, 1.82) is 0 Å². The molecule has 0 saturated heterocycles. The highest BCUT2D eigenvalue weighted by molar-refractivity contribution is 7.89. The van der Waals surface area contributed by atoms with E-state index in [1.54, 1.807) is 44.0 Å². The fraction of sp³-hybridized carbons (Fsp3) is 0.0625. The van der Waals surface area contributed by atoms with E-state index < -0.39 is 10.0 Å². The zero-order valence-corrected chi connectivity index (χ0v) is 13.1. The Bertz CT molecular complexity index is 913. The second-order valence-corrected chi connectivity index (χ2v) is 6.42. The molecule has 2 N–H and O–H groups in total. The van der Waals surface area contributed by atoms with Crippen LogP contribution in [0, 0.1) is 0 Å². The van der Waals surface area contributed by atoms with Gasteiger partial charge in [-0.1, -0.05) is 12.1 Å². The highest BCUT2D eigenvalue weighted by Crippen LogP contribution is 2.33. The first-order valence-corrected chi connectivity index (χ1v) is 8.23. The molecule has 23 heavy (non-hydrogen) atoms. The molecule has 0 aliphatic rings. The molecule has 0 spiro atoms. The molecule has 3 rings (SSSR count). The maximum absolute atomic E-state index is 11.3. The molecule has 0 unspecified atom stereocenters. The van der Waals surface area contributed by atoms with Crippen LogP contribution >= 0.6 is 0 Å². The predicted octanol–water partition coefficient (Wildman–Crippen LogP) is 2.66. The van der Waals surface area contributed by atoms with E-state index >= 15 is 0 Å². The van der Waals surface area contributed by atoms with Gasteiger partial charge in [0.1, 0.15) is 0 Å². The van der Waals surface area contributed by atoms with Gasteiger partial charge in [0.2, 0.25) is 15.9 Å². The van der Waals surface area contributed by atoms with Crippen molar-refractivity contribution in [2.45, 2.75) is 4.90 Å². The third kappa shape index (κ3) is 3.10. The zero-order valence-electron chi connectivity index (χ0n) is 12.3. The van der Waals surface area contributed by atoms with Gasteiger partial charge in [-0.25, -0.2) is 18.5 Å².